The number of aliphatic hydroxyl groups is 1. The Morgan fingerprint density at radius 1 is 1.19 bits per heavy atom. The van der Waals surface area contributed by atoms with E-state index in [1.807, 2.05) is 6.92 Å². The molecule has 1 atom stereocenters. The number of hydrogen-bond donors (Lipinski definition) is 2. The van der Waals surface area contributed by atoms with Gasteiger partial charge in [-0.05, 0) is 45.4 Å². The Bertz CT molecular complexity index is 773. The van der Waals surface area contributed by atoms with Gasteiger partial charge in [-0.25, -0.2) is 9.97 Å². The molecule has 3 rings (SSSR count). The van der Waals surface area contributed by atoms with Crippen LogP contribution in [-0.2, 0) is 0 Å². The lowest BCUT2D eigenvalue weighted by molar-refractivity contribution is -0.136. The highest BCUT2D eigenvalue weighted by Crippen LogP contribution is 2.36. The Morgan fingerprint density at radius 2 is 1.88 bits per heavy atom. The highest BCUT2D eigenvalue weighted by Gasteiger charge is 2.30. The minimum atomic E-state index is -4.24. The number of nitrogens with zero attached hydrogens (tertiary/aromatic N) is 3. The maximum absolute atomic E-state index is 12.5. The number of aliphatic hydroxyl groups excluding tert-OH is 1. The van der Waals surface area contributed by atoms with Crippen LogP contribution in [0.15, 0.2) is 12.4 Å². The molecule has 8 heteroatoms. The first-order chi connectivity index (χ1) is 12.2. The number of anilines is 1. The van der Waals surface area contributed by atoms with Gasteiger partial charge in [-0.3, -0.25) is 4.98 Å². The lowest BCUT2D eigenvalue weighted by Gasteiger charge is -2.26. The van der Waals surface area contributed by atoms with Crippen LogP contribution < -0.4 is 5.32 Å². The van der Waals surface area contributed by atoms with E-state index in [1.165, 1.54) is 6.92 Å². The molecule has 0 bridgehead atoms. The first-order valence-corrected chi connectivity index (χ1v) is 8.86. The third-order valence-corrected chi connectivity index (χ3v) is 4.90. The summed E-state index contributed by atoms with van der Waals surface area (Å²) in [6.07, 6.45) is 1.14. The summed E-state index contributed by atoms with van der Waals surface area (Å²) in [4.78, 5) is 13.1. The molecule has 1 fully saturated rings. The van der Waals surface area contributed by atoms with Crippen LogP contribution in [0, 0.1) is 6.92 Å². The molecule has 1 aliphatic rings. The normalized spacial score (nSPS) is 22.4. The predicted octanol–water partition coefficient (Wildman–Crippen LogP) is 4.10. The SMILES string of the molecule is Cc1ncc(C2CCC(O)CC2)c2nc(N[C@@H](C)CC(F)(F)F)ncc12. The smallest absolute Gasteiger partial charge is 0.391 e. The van der Waals surface area contributed by atoms with E-state index in [1.54, 1.807) is 12.4 Å². The molecule has 5 nitrogen and oxygen atoms in total. The fourth-order valence-corrected chi connectivity index (χ4v) is 3.54. The van der Waals surface area contributed by atoms with Crippen LogP contribution in [0.25, 0.3) is 10.9 Å². The van der Waals surface area contributed by atoms with Gasteiger partial charge in [-0.1, -0.05) is 0 Å². The van der Waals surface area contributed by atoms with E-state index in [-0.39, 0.29) is 18.0 Å². The van der Waals surface area contributed by atoms with Gasteiger partial charge in [0.25, 0.3) is 0 Å². The van der Waals surface area contributed by atoms with E-state index in [0.29, 0.717) is 0 Å². The number of fused-ring (bicyclic) bond motifs is 1. The van der Waals surface area contributed by atoms with Gasteiger partial charge in [0, 0.05) is 35.1 Å². The van der Waals surface area contributed by atoms with E-state index in [0.717, 1.165) is 47.8 Å². The van der Waals surface area contributed by atoms with Crippen LogP contribution in [-0.4, -0.2) is 38.4 Å². The molecule has 1 aliphatic carbocycles. The average molecular weight is 368 g/mol. The van der Waals surface area contributed by atoms with E-state index in [2.05, 4.69) is 20.3 Å². The minimum Gasteiger partial charge on any atom is -0.393 e. The molecule has 0 unspecified atom stereocenters. The average Bonchev–Trinajstić information content (AvgIpc) is 2.54. The van der Waals surface area contributed by atoms with E-state index < -0.39 is 18.6 Å². The Morgan fingerprint density at radius 3 is 2.54 bits per heavy atom. The second-order valence-electron chi connectivity index (χ2n) is 7.12. The molecule has 2 aromatic heterocycles. The van der Waals surface area contributed by atoms with Gasteiger partial charge in [0.15, 0.2) is 0 Å². The molecule has 1 saturated carbocycles. The summed E-state index contributed by atoms with van der Waals surface area (Å²) in [6.45, 7) is 3.32. The summed E-state index contributed by atoms with van der Waals surface area (Å²) in [6, 6.07) is -0.816. The number of aromatic nitrogens is 3. The zero-order chi connectivity index (χ0) is 18.9. The molecular weight excluding hydrogens is 345 g/mol. The number of pyridine rings is 1. The highest BCUT2D eigenvalue weighted by molar-refractivity contribution is 5.84. The molecule has 2 aromatic rings. The highest BCUT2D eigenvalue weighted by atomic mass is 19.4. The summed E-state index contributed by atoms with van der Waals surface area (Å²) in [7, 11) is 0. The predicted molar refractivity (Wildman–Crippen MR) is 93.0 cm³/mol. The summed E-state index contributed by atoms with van der Waals surface area (Å²) in [5.41, 5.74) is 2.50. The van der Waals surface area contributed by atoms with Crippen molar-refractivity contribution in [3.05, 3.63) is 23.7 Å². The van der Waals surface area contributed by atoms with Crippen molar-refractivity contribution in [1.82, 2.24) is 15.0 Å². The monoisotopic (exact) mass is 368 g/mol. The molecule has 2 N–H and O–H groups in total. The molecule has 142 valence electrons. The van der Waals surface area contributed by atoms with Gasteiger partial charge in [0.05, 0.1) is 18.0 Å². The Labute approximate surface area is 150 Å². The molecule has 26 heavy (non-hydrogen) atoms. The van der Waals surface area contributed by atoms with E-state index in [4.69, 9.17) is 0 Å². The lowest BCUT2D eigenvalue weighted by atomic mass is 9.82. The van der Waals surface area contributed by atoms with E-state index >= 15 is 0 Å². The molecule has 0 saturated heterocycles. The quantitative estimate of drug-likeness (QED) is 0.850. The van der Waals surface area contributed by atoms with Gasteiger partial charge >= 0.3 is 6.18 Å². The van der Waals surface area contributed by atoms with Crippen molar-refractivity contribution in [2.75, 3.05) is 5.32 Å². The molecule has 2 heterocycles. The largest absolute Gasteiger partial charge is 0.393 e. The van der Waals surface area contributed by atoms with Crippen molar-refractivity contribution >= 4 is 16.9 Å². The van der Waals surface area contributed by atoms with Gasteiger partial charge in [0.1, 0.15) is 0 Å². The van der Waals surface area contributed by atoms with Gasteiger partial charge in [-0.15, -0.1) is 0 Å². The molecule has 0 amide bonds. The zero-order valence-electron chi connectivity index (χ0n) is 14.8. The summed E-state index contributed by atoms with van der Waals surface area (Å²) >= 11 is 0. The number of aryl methyl sites for hydroxylation is 1. The topological polar surface area (TPSA) is 70.9 Å². The standard InChI is InChI=1S/C18H23F3N4O/c1-10(7-18(19,20)21)24-17-23-8-14-11(2)22-9-15(16(14)25-17)12-3-5-13(26)6-4-12/h8-10,12-13,26H,3-7H2,1-2H3,(H,23,24,25)/t10-,12?,13?/m0/s1. The van der Waals surface area contributed by atoms with Crippen molar-refractivity contribution in [2.45, 2.75) is 70.2 Å². The van der Waals surface area contributed by atoms with Crippen LogP contribution in [0.4, 0.5) is 19.1 Å². The van der Waals surface area contributed by atoms with E-state index in [9.17, 15) is 18.3 Å². The van der Waals surface area contributed by atoms with Crippen molar-refractivity contribution in [3.63, 3.8) is 0 Å². The molecular formula is C18H23F3N4O. The maximum atomic E-state index is 12.5. The van der Waals surface area contributed by atoms with Crippen LogP contribution >= 0.6 is 0 Å². The van der Waals surface area contributed by atoms with Crippen molar-refractivity contribution in [3.8, 4) is 0 Å². The van der Waals surface area contributed by atoms with Crippen LogP contribution in [0.5, 0.6) is 0 Å². The second kappa shape index (κ2) is 7.34. The summed E-state index contributed by atoms with van der Waals surface area (Å²) in [5, 5.41) is 13.3. The molecule has 0 spiro atoms. The van der Waals surface area contributed by atoms with Crippen LogP contribution in [0.3, 0.4) is 0 Å². The number of nitrogens with one attached hydrogen (secondary N) is 1. The minimum absolute atomic E-state index is 0.192. The number of alkyl halides is 3. The molecule has 0 radical (unpaired) electrons. The fraction of sp³-hybridized carbons (Fsp3) is 0.611. The van der Waals surface area contributed by atoms with Crippen molar-refractivity contribution in [1.29, 1.82) is 0 Å². The first kappa shape index (κ1) is 18.8. The van der Waals surface area contributed by atoms with Gasteiger partial charge in [-0.2, -0.15) is 13.2 Å². The fourth-order valence-electron chi connectivity index (χ4n) is 3.54. The molecule has 0 aliphatic heterocycles. The van der Waals surface area contributed by atoms with Crippen LogP contribution in [0.2, 0.25) is 0 Å². The van der Waals surface area contributed by atoms with Crippen molar-refractivity contribution in [2.24, 2.45) is 0 Å². The third kappa shape index (κ3) is 4.41. The lowest BCUT2D eigenvalue weighted by Crippen LogP contribution is -2.25. The number of rotatable bonds is 4. The zero-order valence-corrected chi connectivity index (χ0v) is 14.8. The van der Waals surface area contributed by atoms with Crippen LogP contribution in [0.1, 0.15) is 56.2 Å². The number of hydrogen-bond acceptors (Lipinski definition) is 5. The Balaban J connectivity index is 1.90. The summed E-state index contributed by atoms with van der Waals surface area (Å²) < 4.78 is 37.6. The first-order valence-electron chi connectivity index (χ1n) is 8.86. The Kier molecular flexibility index (Phi) is 5.32. The second-order valence-corrected chi connectivity index (χ2v) is 7.12. The summed E-state index contributed by atoms with van der Waals surface area (Å²) in [5.74, 6) is 0.432. The third-order valence-electron chi connectivity index (χ3n) is 4.90. The Hall–Kier alpha value is -1.96. The maximum Gasteiger partial charge on any atom is 0.391 e. The van der Waals surface area contributed by atoms with Gasteiger partial charge < -0.3 is 10.4 Å². The van der Waals surface area contributed by atoms with Gasteiger partial charge in [0.2, 0.25) is 5.95 Å². The van der Waals surface area contributed by atoms with Crippen molar-refractivity contribution < 1.29 is 18.3 Å². The number of halogens is 3. The molecule has 0 aromatic carbocycles.